The van der Waals surface area contributed by atoms with Gasteiger partial charge in [0, 0.05) is 17.0 Å². The Hall–Kier alpha value is -2.45. The minimum absolute atomic E-state index is 0.169. The Kier molecular flexibility index (Phi) is 6.19. The molecule has 0 bridgehead atoms. The van der Waals surface area contributed by atoms with E-state index >= 15 is 0 Å². The zero-order chi connectivity index (χ0) is 18.4. The molecule has 2 aromatic heterocycles. The second-order valence-corrected chi connectivity index (χ2v) is 7.30. The van der Waals surface area contributed by atoms with Crippen LogP contribution in [0.1, 0.15) is 18.7 Å². The lowest BCUT2D eigenvalue weighted by atomic mass is 10.2. The van der Waals surface area contributed by atoms with Crippen LogP contribution in [-0.2, 0) is 11.3 Å². The van der Waals surface area contributed by atoms with Gasteiger partial charge in [0.2, 0.25) is 0 Å². The number of benzene rings is 1. The smallest absolute Gasteiger partial charge is 0.250 e. The first-order chi connectivity index (χ1) is 12.7. The summed E-state index contributed by atoms with van der Waals surface area (Å²) in [6.45, 7) is 4.64. The molecule has 1 N–H and O–H groups in total. The van der Waals surface area contributed by atoms with E-state index in [4.69, 9.17) is 0 Å². The summed E-state index contributed by atoms with van der Waals surface area (Å²) in [5.41, 5.74) is 4.40. The van der Waals surface area contributed by atoms with Crippen LogP contribution in [0.15, 0.2) is 58.1 Å². The van der Waals surface area contributed by atoms with Crippen LogP contribution in [0.2, 0.25) is 0 Å². The van der Waals surface area contributed by atoms with Crippen LogP contribution in [0, 0.1) is 0 Å². The molecule has 2 heterocycles. The van der Waals surface area contributed by atoms with Gasteiger partial charge in [-0.3, -0.25) is 4.79 Å². The summed E-state index contributed by atoms with van der Waals surface area (Å²) in [5, 5.41) is 15.4. The molecule has 0 aliphatic carbocycles. The van der Waals surface area contributed by atoms with Gasteiger partial charge in [0.1, 0.15) is 0 Å². The summed E-state index contributed by atoms with van der Waals surface area (Å²) >= 11 is 2.94. The van der Waals surface area contributed by atoms with Crippen molar-refractivity contribution in [2.75, 3.05) is 5.75 Å². The number of amides is 1. The van der Waals surface area contributed by atoms with Gasteiger partial charge in [0.25, 0.3) is 5.91 Å². The predicted octanol–water partition coefficient (Wildman–Crippen LogP) is 3.66. The molecular weight excluding hydrogens is 366 g/mol. The fraction of sp³-hybridized carbons (Fsp3) is 0.222. The molecule has 3 rings (SSSR count). The van der Waals surface area contributed by atoms with E-state index < -0.39 is 0 Å². The van der Waals surface area contributed by atoms with Gasteiger partial charge in [0.15, 0.2) is 11.0 Å². The van der Waals surface area contributed by atoms with Gasteiger partial charge in [-0.2, -0.15) is 5.10 Å². The molecule has 0 saturated heterocycles. The Morgan fingerprint density at radius 2 is 2.04 bits per heavy atom. The summed E-state index contributed by atoms with van der Waals surface area (Å²) < 4.78 is 2.01. The van der Waals surface area contributed by atoms with Gasteiger partial charge < -0.3 is 4.57 Å². The number of thioether (sulfide) groups is 1. The van der Waals surface area contributed by atoms with Gasteiger partial charge in [0.05, 0.1) is 11.5 Å². The molecule has 6 nitrogen and oxygen atoms in total. The number of nitrogens with zero attached hydrogens (tertiary/aromatic N) is 4. The fourth-order valence-corrected chi connectivity index (χ4v) is 3.80. The largest absolute Gasteiger partial charge is 0.302 e. The van der Waals surface area contributed by atoms with Crippen LogP contribution < -0.4 is 5.43 Å². The van der Waals surface area contributed by atoms with E-state index in [1.807, 2.05) is 66.3 Å². The topological polar surface area (TPSA) is 72.2 Å². The van der Waals surface area contributed by atoms with E-state index in [-0.39, 0.29) is 11.7 Å². The van der Waals surface area contributed by atoms with Gasteiger partial charge >= 0.3 is 0 Å². The Morgan fingerprint density at radius 1 is 1.23 bits per heavy atom. The lowest BCUT2D eigenvalue weighted by Crippen LogP contribution is -2.21. The highest BCUT2D eigenvalue weighted by atomic mass is 32.2. The van der Waals surface area contributed by atoms with Crippen LogP contribution in [0.25, 0.3) is 11.4 Å². The molecule has 0 aliphatic rings. The third-order valence-corrected chi connectivity index (χ3v) is 5.57. The zero-order valence-corrected chi connectivity index (χ0v) is 16.2. The average Bonchev–Trinajstić information content (AvgIpc) is 3.34. The number of hydrazone groups is 1. The van der Waals surface area contributed by atoms with Crippen LogP contribution in [0.3, 0.4) is 0 Å². The number of carbonyl (C=O) groups excluding carboxylic acids is 1. The number of carbonyl (C=O) groups is 1. The highest BCUT2D eigenvalue weighted by molar-refractivity contribution is 7.99. The van der Waals surface area contributed by atoms with Crippen LogP contribution >= 0.6 is 23.1 Å². The SMILES string of the molecule is CCn1c(SCC(=O)NN=C(C)c2cccs2)nnc1-c1ccccc1. The van der Waals surface area contributed by atoms with Gasteiger partial charge in [-0.05, 0) is 25.3 Å². The lowest BCUT2D eigenvalue weighted by Gasteiger charge is -2.07. The maximum Gasteiger partial charge on any atom is 0.250 e. The predicted molar refractivity (Wildman–Crippen MR) is 107 cm³/mol. The number of nitrogens with one attached hydrogen (secondary N) is 1. The van der Waals surface area contributed by atoms with E-state index in [0.717, 1.165) is 33.7 Å². The molecule has 26 heavy (non-hydrogen) atoms. The third kappa shape index (κ3) is 4.39. The molecule has 0 saturated carbocycles. The third-order valence-electron chi connectivity index (χ3n) is 3.62. The molecular formula is C18H19N5OS2. The Morgan fingerprint density at radius 3 is 2.73 bits per heavy atom. The highest BCUT2D eigenvalue weighted by Crippen LogP contribution is 2.23. The van der Waals surface area contributed by atoms with Crippen LogP contribution in [0.4, 0.5) is 0 Å². The van der Waals surface area contributed by atoms with Crippen molar-refractivity contribution in [3.05, 3.63) is 52.7 Å². The summed E-state index contributed by atoms with van der Waals surface area (Å²) in [6.07, 6.45) is 0. The quantitative estimate of drug-likeness (QED) is 0.383. The maximum absolute atomic E-state index is 12.1. The van der Waals surface area contributed by atoms with Crippen molar-refractivity contribution < 1.29 is 4.79 Å². The molecule has 0 fully saturated rings. The molecule has 0 unspecified atom stereocenters. The average molecular weight is 386 g/mol. The number of hydrogen-bond donors (Lipinski definition) is 1. The molecule has 1 amide bonds. The molecule has 0 atom stereocenters. The van der Waals surface area contributed by atoms with E-state index in [2.05, 4.69) is 20.7 Å². The molecule has 134 valence electrons. The summed E-state index contributed by atoms with van der Waals surface area (Å²) in [5.74, 6) is 0.870. The molecule has 0 radical (unpaired) electrons. The van der Waals surface area contributed by atoms with E-state index in [1.165, 1.54) is 11.8 Å². The minimum atomic E-state index is -0.169. The molecule has 3 aromatic rings. The molecule has 0 spiro atoms. The van der Waals surface area contributed by atoms with E-state index in [1.54, 1.807) is 11.3 Å². The standard InChI is InChI=1S/C18H19N5OS2/c1-3-23-17(14-8-5-4-6-9-14)21-22-18(23)26-12-16(24)20-19-13(2)15-10-7-11-25-15/h4-11H,3,12H2,1-2H3,(H,20,24). The summed E-state index contributed by atoms with van der Waals surface area (Å²) in [7, 11) is 0. The van der Waals surface area contributed by atoms with Crippen molar-refractivity contribution in [1.82, 2.24) is 20.2 Å². The zero-order valence-electron chi connectivity index (χ0n) is 14.5. The van der Waals surface area contributed by atoms with Crippen LogP contribution in [0.5, 0.6) is 0 Å². The minimum Gasteiger partial charge on any atom is -0.302 e. The van der Waals surface area contributed by atoms with Crippen molar-refractivity contribution in [2.24, 2.45) is 5.10 Å². The van der Waals surface area contributed by atoms with E-state index in [0.29, 0.717) is 0 Å². The molecule has 8 heteroatoms. The van der Waals surface area contributed by atoms with Crippen molar-refractivity contribution in [3.8, 4) is 11.4 Å². The second kappa shape index (κ2) is 8.77. The molecule has 0 aliphatic heterocycles. The highest BCUT2D eigenvalue weighted by Gasteiger charge is 2.14. The number of rotatable bonds is 7. The van der Waals surface area contributed by atoms with Gasteiger partial charge in [-0.15, -0.1) is 21.5 Å². The normalized spacial score (nSPS) is 11.5. The Bertz CT molecular complexity index is 888. The maximum atomic E-state index is 12.1. The van der Waals surface area contributed by atoms with Crippen molar-refractivity contribution in [3.63, 3.8) is 0 Å². The van der Waals surface area contributed by atoms with Crippen molar-refractivity contribution in [2.45, 2.75) is 25.5 Å². The van der Waals surface area contributed by atoms with Gasteiger partial charge in [-0.25, -0.2) is 5.43 Å². The van der Waals surface area contributed by atoms with Crippen molar-refractivity contribution in [1.29, 1.82) is 0 Å². The Balaban J connectivity index is 1.62. The lowest BCUT2D eigenvalue weighted by molar-refractivity contribution is -0.118. The summed E-state index contributed by atoms with van der Waals surface area (Å²) in [4.78, 5) is 13.1. The molecule has 1 aromatic carbocycles. The monoisotopic (exact) mass is 385 g/mol. The number of aromatic nitrogens is 3. The summed E-state index contributed by atoms with van der Waals surface area (Å²) in [6, 6.07) is 13.8. The number of thiophene rings is 1. The Labute approximate surface area is 160 Å². The first-order valence-electron chi connectivity index (χ1n) is 8.17. The van der Waals surface area contributed by atoms with Crippen molar-refractivity contribution >= 4 is 34.7 Å². The van der Waals surface area contributed by atoms with E-state index in [9.17, 15) is 4.79 Å². The fourth-order valence-electron chi connectivity index (χ4n) is 2.33. The second-order valence-electron chi connectivity index (χ2n) is 5.41. The van der Waals surface area contributed by atoms with Gasteiger partial charge in [-0.1, -0.05) is 48.2 Å². The number of hydrogen-bond acceptors (Lipinski definition) is 6. The van der Waals surface area contributed by atoms with Crippen LogP contribution in [-0.4, -0.2) is 32.1 Å². The first-order valence-corrected chi connectivity index (χ1v) is 10.0. The first kappa shape index (κ1) is 18.3.